The summed E-state index contributed by atoms with van der Waals surface area (Å²) in [5.74, 6) is 1.58. The molecule has 2 aromatic heterocycles. The van der Waals surface area contributed by atoms with E-state index in [1.807, 2.05) is 24.3 Å². The van der Waals surface area contributed by atoms with Crippen LogP contribution < -0.4 is 4.90 Å². The minimum Gasteiger partial charge on any atom is -0.354 e. The Kier molecular flexibility index (Phi) is 5.19. The maximum atomic E-state index is 8.90. The van der Waals surface area contributed by atoms with Gasteiger partial charge in [0.05, 0.1) is 17.3 Å². The summed E-state index contributed by atoms with van der Waals surface area (Å²) in [4.78, 5) is 10.4. The number of nitrogens with zero attached hydrogens (tertiary/aromatic N) is 8. The molecule has 9 heteroatoms. The Balaban J connectivity index is 1.40. The van der Waals surface area contributed by atoms with Crippen molar-refractivity contribution >= 4 is 17.4 Å². The highest BCUT2D eigenvalue weighted by molar-refractivity contribution is 6.30. The Hall–Kier alpha value is -3.02. The molecule has 1 aliphatic heterocycles. The topological polar surface area (TPSA) is 86.8 Å². The summed E-state index contributed by atoms with van der Waals surface area (Å²) < 4.78 is 0. The molecule has 8 nitrogen and oxygen atoms in total. The van der Waals surface area contributed by atoms with Gasteiger partial charge < -0.3 is 4.90 Å². The highest BCUT2D eigenvalue weighted by atomic mass is 35.5. The normalized spacial score (nSPS) is 16.0. The molecule has 0 amide bonds. The lowest BCUT2D eigenvalue weighted by atomic mass is 10.2. The first kappa shape index (κ1) is 18.3. The number of anilines is 1. The summed E-state index contributed by atoms with van der Waals surface area (Å²) in [5.41, 5.74) is 1.36. The van der Waals surface area contributed by atoms with Gasteiger partial charge in [-0.25, -0.2) is 4.98 Å². The number of pyridine rings is 1. The van der Waals surface area contributed by atoms with E-state index in [1.165, 1.54) is 4.80 Å². The van der Waals surface area contributed by atoms with Crippen LogP contribution in [-0.4, -0.2) is 56.3 Å². The molecule has 0 N–H and O–H groups in total. The van der Waals surface area contributed by atoms with Crippen molar-refractivity contribution in [2.75, 3.05) is 31.1 Å². The first-order valence-corrected chi connectivity index (χ1v) is 9.43. The summed E-state index contributed by atoms with van der Waals surface area (Å²) in [6.45, 7) is 5.54. The molecule has 1 unspecified atom stereocenters. The van der Waals surface area contributed by atoms with E-state index in [2.05, 4.69) is 43.2 Å². The van der Waals surface area contributed by atoms with E-state index in [4.69, 9.17) is 16.9 Å². The van der Waals surface area contributed by atoms with E-state index in [0.29, 0.717) is 16.4 Å². The second kappa shape index (κ2) is 7.92. The van der Waals surface area contributed by atoms with Crippen molar-refractivity contribution in [1.29, 1.82) is 5.26 Å². The maximum Gasteiger partial charge on any atom is 0.192 e. The predicted molar refractivity (Wildman–Crippen MR) is 105 cm³/mol. The van der Waals surface area contributed by atoms with Crippen molar-refractivity contribution in [2.24, 2.45) is 0 Å². The van der Waals surface area contributed by atoms with Gasteiger partial charge in [0, 0.05) is 37.4 Å². The van der Waals surface area contributed by atoms with E-state index in [9.17, 15) is 0 Å². The number of aromatic nitrogens is 5. The zero-order chi connectivity index (χ0) is 19.5. The van der Waals surface area contributed by atoms with Crippen LogP contribution in [0.5, 0.6) is 0 Å². The lowest BCUT2D eigenvalue weighted by Crippen LogP contribution is -2.47. The van der Waals surface area contributed by atoms with E-state index >= 15 is 0 Å². The number of benzene rings is 1. The second-order valence-electron chi connectivity index (χ2n) is 6.63. The van der Waals surface area contributed by atoms with Crippen LogP contribution in [0.25, 0.3) is 5.69 Å². The Morgan fingerprint density at radius 1 is 1.14 bits per heavy atom. The molecular weight excluding hydrogens is 376 g/mol. The lowest BCUT2D eigenvalue weighted by molar-refractivity contribution is 0.191. The van der Waals surface area contributed by atoms with E-state index in [-0.39, 0.29) is 6.04 Å². The Morgan fingerprint density at radius 2 is 1.96 bits per heavy atom. The third-order valence-corrected chi connectivity index (χ3v) is 5.14. The third kappa shape index (κ3) is 3.81. The number of hydrogen-bond donors (Lipinski definition) is 0. The van der Waals surface area contributed by atoms with Crippen LogP contribution in [0.4, 0.5) is 5.82 Å². The lowest BCUT2D eigenvalue weighted by Gasteiger charge is -2.37. The first-order chi connectivity index (χ1) is 13.6. The molecule has 0 aliphatic carbocycles. The number of nitriles is 1. The number of halogens is 1. The quantitative estimate of drug-likeness (QED) is 0.671. The van der Waals surface area contributed by atoms with Crippen LogP contribution in [0, 0.1) is 11.3 Å². The van der Waals surface area contributed by atoms with Gasteiger partial charge in [-0.05, 0) is 42.5 Å². The van der Waals surface area contributed by atoms with Gasteiger partial charge in [0.25, 0.3) is 0 Å². The SMILES string of the molecule is CC(c1nnn(-c2cccc(Cl)c2)n1)N1CCN(c2ccc(C#N)cn2)CC1. The van der Waals surface area contributed by atoms with Crippen molar-refractivity contribution in [3.05, 3.63) is 59.0 Å². The molecule has 1 aromatic carbocycles. The molecule has 3 heterocycles. The zero-order valence-corrected chi connectivity index (χ0v) is 16.2. The van der Waals surface area contributed by atoms with Gasteiger partial charge in [-0.1, -0.05) is 17.7 Å². The fraction of sp³-hybridized carbons (Fsp3) is 0.316. The number of rotatable bonds is 4. The van der Waals surface area contributed by atoms with Gasteiger partial charge in [0.15, 0.2) is 5.82 Å². The molecular formula is C19H19ClN8. The van der Waals surface area contributed by atoms with Gasteiger partial charge in [0.2, 0.25) is 0 Å². The highest BCUT2D eigenvalue weighted by Crippen LogP contribution is 2.21. The fourth-order valence-electron chi connectivity index (χ4n) is 3.24. The summed E-state index contributed by atoms with van der Waals surface area (Å²) >= 11 is 6.04. The zero-order valence-electron chi connectivity index (χ0n) is 15.4. The standard InChI is InChI=1S/C19H19ClN8/c1-14(19-23-25-28(24-19)17-4-2-3-16(20)11-17)26-7-9-27(10-8-26)18-6-5-15(12-21)13-22-18/h2-6,11,13-14H,7-10H2,1H3. The van der Waals surface area contributed by atoms with Gasteiger partial charge in [-0.3, -0.25) is 4.90 Å². The molecule has 4 rings (SSSR count). The molecule has 142 valence electrons. The first-order valence-electron chi connectivity index (χ1n) is 9.05. The van der Waals surface area contributed by atoms with E-state index in [0.717, 1.165) is 37.7 Å². The van der Waals surface area contributed by atoms with Gasteiger partial charge >= 0.3 is 0 Å². The third-order valence-electron chi connectivity index (χ3n) is 4.90. The molecule has 1 fully saturated rings. The Bertz CT molecular complexity index is 986. The van der Waals surface area contributed by atoms with E-state index in [1.54, 1.807) is 18.3 Å². The van der Waals surface area contributed by atoms with Crippen molar-refractivity contribution < 1.29 is 0 Å². The van der Waals surface area contributed by atoms with Crippen molar-refractivity contribution in [3.63, 3.8) is 0 Å². The molecule has 0 radical (unpaired) electrons. The maximum absolute atomic E-state index is 8.90. The monoisotopic (exact) mass is 394 g/mol. The van der Waals surface area contributed by atoms with E-state index < -0.39 is 0 Å². The number of tetrazole rings is 1. The summed E-state index contributed by atoms with van der Waals surface area (Å²) in [6, 6.07) is 13.2. The average Bonchev–Trinajstić information content (AvgIpc) is 3.24. The average molecular weight is 395 g/mol. The van der Waals surface area contributed by atoms with Crippen molar-refractivity contribution in [3.8, 4) is 11.8 Å². The molecule has 1 saturated heterocycles. The largest absolute Gasteiger partial charge is 0.354 e. The summed E-state index contributed by atoms with van der Waals surface area (Å²) in [5, 5.41) is 22.5. The van der Waals surface area contributed by atoms with Crippen LogP contribution in [-0.2, 0) is 0 Å². The van der Waals surface area contributed by atoms with Crippen LogP contribution in [0.1, 0.15) is 24.4 Å². The second-order valence-corrected chi connectivity index (χ2v) is 7.07. The molecule has 0 saturated carbocycles. The molecule has 0 spiro atoms. The van der Waals surface area contributed by atoms with Gasteiger partial charge in [0.1, 0.15) is 11.9 Å². The Labute approximate surface area is 168 Å². The van der Waals surface area contributed by atoms with Crippen LogP contribution in [0.15, 0.2) is 42.6 Å². The van der Waals surface area contributed by atoms with Gasteiger partial charge in [-0.2, -0.15) is 5.26 Å². The fourth-order valence-corrected chi connectivity index (χ4v) is 3.43. The van der Waals surface area contributed by atoms with Gasteiger partial charge in [-0.15, -0.1) is 15.0 Å². The van der Waals surface area contributed by atoms with Crippen molar-refractivity contribution in [1.82, 2.24) is 30.1 Å². The van der Waals surface area contributed by atoms with Crippen LogP contribution >= 0.6 is 11.6 Å². The minimum absolute atomic E-state index is 0.0593. The predicted octanol–water partition coefficient (Wildman–Crippen LogP) is 2.47. The summed E-state index contributed by atoms with van der Waals surface area (Å²) in [6.07, 6.45) is 1.61. The highest BCUT2D eigenvalue weighted by Gasteiger charge is 2.25. The molecule has 3 aromatic rings. The summed E-state index contributed by atoms with van der Waals surface area (Å²) in [7, 11) is 0. The number of piperazine rings is 1. The molecule has 0 bridgehead atoms. The minimum atomic E-state index is 0.0593. The van der Waals surface area contributed by atoms with Crippen molar-refractivity contribution in [2.45, 2.75) is 13.0 Å². The Morgan fingerprint density at radius 3 is 2.64 bits per heavy atom. The smallest absolute Gasteiger partial charge is 0.192 e. The molecule has 28 heavy (non-hydrogen) atoms. The molecule has 1 aliphatic rings. The van der Waals surface area contributed by atoms with Crippen LogP contribution in [0.3, 0.4) is 0 Å². The number of hydrogen-bond acceptors (Lipinski definition) is 7. The van der Waals surface area contributed by atoms with Crippen LogP contribution in [0.2, 0.25) is 5.02 Å². The molecule has 1 atom stereocenters.